The summed E-state index contributed by atoms with van der Waals surface area (Å²) < 4.78 is 5.12. The summed E-state index contributed by atoms with van der Waals surface area (Å²) in [7, 11) is 0. The number of carbonyl (C=O) groups excluding carboxylic acids is 1. The molecule has 0 amide bonds. The number of aromatic nitrogens is 1. The Labute approximate surface area is 111 Å². The van der Waals surface area contributed by atoms with E-state index in [2.05, 4.69) is 20.6 Å². The van der Waals surface area contributed by atoms with E-state index in [9.17, 15) is 4.79 Å². The Morgan fingerprint density at radius 2 is 2.56 bits per heavy atom. The first-order valence-corrected chi connectivity index (χ1v) is 7.11. The molecule has 1 saturated heterocycles. The summed E-state index contributed by atoms with van der Waals surface area (Å²) in [6.07, 6.45) is 0. The molecule has 5 nitrogen and oxygen atoms in total. The van der Waals surface area contributed by atoms with Crippen molar-refractivity contribution < 1.29 is 9.53 Å². The summed E-state index contributed by atoms with van der Waals surface area (Å²) in [5, 5.41) is 6.35. The van der Waals surface area contributed by atoms with Crippen LogP contribution in [0.1, 0.15) is 17.6 Å². The quantitative estimate of drug-likeness (QED) is 0.819. The zero-order valence-corrected chi connectivity index (χ0v) is 11.6. The summed E-state index contributed by atoms with van der Waals surface area (Å²) in [5.41, 5.74) is 1.04. The predicted molar refractivity (Wildman–Crippen MR) is 70.6 cm³/mol. The molecule has 0 aliphatic carbocycles. The zero-order chi connectivity index (χ0) is 13.0. The van der Waals surface area contributed by atoms with Gasteiger partial charge < -0.3 is 10.1 Å². The molecule has 1 aromatic heterocycles. The third-order valence-corrected chi connectivity index (χ3v) is 3.77. The highest BCUT2D eigenvalue weighted by molar-refractivity contribution is 7.09. The van der Waals surface area contributed by atoms with Gasteiger partial charge in [0.25, 0.3) is 0 Å². The molecule has 0 saturated carbocycles. The molecule has 1 aliphatic rings. The summed E-state index contributed by atoms with van der Waals surface area (Å²) >= 11 is 1.64. The second-order valence-electron chi connectivity index (χ2n) is 4.30. The molecule has 2 heterocycles. The number of hydrogen-bond donors (Lipinski definition) is 1. The third kappa shape index (κ3) is 3.28. The van der Waals surface area contributed by atoms with Gasteiger partial charge in [-0.3, -0.25) is 9.69 Å². The molecule has 0 aromatic carbocycles. The van der Waals surface area contributed by atoms with Crippen molar-refractivity contribution in [2.75, 3.05) is 26.2 Å². The number of hydrogen-bond acceptors (Lipinski definition) is 6. The minimum Gasteiger partial charge on any atom is -0.465 e. The first kappa shape index (κ1) is 13.5. The van der Waals surface area contributed by atoms with Crippen molar-refractivity contribution in [1.29, 1.82) is 0 Å². The lowest BCUT2D eigenvalue weighted by Crippen LogP contribution is -2.54. The lowest BCUT2D eigenvalue weighted by atomic mass is 10.2. The highest BCUT2D eigenvalue weighted by atomic mass is 32.1. The number of piperazine rings is 1. The van der Waals surface area contributed by atoms with Gasteiger partial charge >= 0.3 is 5.97 Å². The van der Waals surface area contributed by atoms with Gasteiger partial charge in [-0.15, -0.1) is 11.3 Å². The van der Waals surface area contributed by atoms with E-state index < -0.39 is 0 Å². The van der Waals surface area contributed by atoms with Crippen molar-refractivity contribution in [2.45, 2.75) is 26.4 Å². The fourth-order valence-corrected chi connectivity index (χ4v) is 2.70. The largest absolute Gasteiger partial charge is 0.465 e. The Balaban J connectivity index is 2.01. The second-order valence-corrected chi connectivity index (χ2v) is 5.36. The van der Waals surface area contributed by atoms with Gasteiger partial charge in [0.05, 0.1) is 17.3 Å². The normalized spacial score (nSPS) is 20.9. The Hall–Kier alpha value is -0.980. The van der Waals surface area contributed by atoms with E-state index in [0.717, 1.165) is 30.3 Å². The maximum atomic E-state index is 11.9. The molecule has 1 atom stereocenters. The van der Waals surface area contributed by atoms with E-state index in [0.29, 0.717) is 13.2 Å². The summed E-state index contributed by atoms with van der Waals surface area (Å²) in [6, 6.07) is -0.194. The van der Waals surface area contributed by atoms with Gasteiger partial charge in [-0.25, -0.2) is 4.98 Å². The van der Waals surface area contributed by atoms with E-state index in [-0.39, 0.29) is 12.0 Å². The van der Waals surface area contributed by atoms with Crippen LogP contribution in [-0.2, 0) is 16.1 Å². The number of aryl methyl sites for hydroxylation is 1. The van der Waals surface area contributed by atoms with Crippen molar-refractivity contribution in [3.8, 4) is 0 Å². The Morgan fingerprint density at radius 3 is 3.22 bits per heavy atom. The van der Waals surface area contributed by atoms with Gasteiger partial charge in [0, 0.05) is 31.6 Å². The number of carbonyl (C=O) groups is 1. The van der Waals surface area contributed by atoms with E-state index in [1.54, 1.807) is 11.3 Å². The fourth-order valence-electron chi connectivity index (χ4n) is 2.10. The van der Waals surface area contributed by atoms with Crippen molar-refractivity contribution >= 4 is 17.3 Å². The Morgan fingerprint density at radius 1 is 1.72 bits per heavy atom. The van der Waals surface area contributed by atoms with Crippen LogP contribution in [0, 0.1) is 6.92 Å². The number of esters is 1. The average molecular weight is 269 g/mol. The Kier molecular flexibility index (Phi) is 4.68. The van der Waals surface area contributed by atoms with Crippen LogP contribution in [0.3, 0.4) is 0 Å². The standard InChI is InChI=1S/C12H19N3O2S/c1-3-17-12(16)11-6-13-4-5-15(11)7-10-8-18-9(2)14-10/h8,11,13H,3-7H2,1-2H3. The molecule has 1 aliphatic heterocycles. The molecule has 18 heavy (non-hydrogen) atoms. The number of nitrogens with one attached hydrogen (secondary N) is 1. The predicted octanol–water partition coefficient (Wildman–Crippen LogP) is 0.788. The van der Waals surface area contributed by atoms with Crippen LogP contribution in [0.25, 0.3) is 0 Å². The van der Waals surface area contributed by atoms with Crippen LogP contribution in [0.4, 0.5) is 0 Å². The smallest absolute Gasteiger partial charge is 0.324 e. The van der Waals surface area contributed by atoms with Crippen LogP contribution >= 0.6 is 11.3 Å². The van der Waals surface area contributed by atoms with E-state index in [4.69, 9.17) is 4.74 Å². The fraction of sp³-hybridized carbons (Fsp3) is 0.667. The second kappa shape index (κ2) is 6.26. The topological polar surface area (TPSA) is 54.5 Å². The van der Waals surface area contributed by atoms with Gasteiger partial charge in [0.1, 0.15) is 6.04 Å². The monoisotopic (exact) mass is 269 g/mol. The summed E-state index contributed by atoms with van der Waals surface area (Å²) in [6.45, 7) is 7.38. The van der Waals surface area contributed by atoms with Gasteiger partial charge in [0.2, 0.25) is 0 Å². The lowest BCUT2D eigenvalue weighted by molar-refractivity contribution is -0.150. The van der Waals surface area contributed by atoms with Crippen LogP contribution < -0.4 is 5.32 Å². The number of nitrogens with zero attached hydrogens (tertiary/aromatic N) is 2. The summed E-state index contributed by atoms with van der Waals surface area (Å²) in [4.78, 5) is 18.5. The maximum absolute atomic E-state index is 11.9. The molecular formula is C12H19N3O2S. The molecule has 6 heteroatoms. The van der Waals surface area contributed by atoms with Crippen molar-refractivity contribution in [2.24, 2.45) is 0 Å². The molecule has 100 valence electrons. The first-order valence-electron chi connectivity index (χ1n) is 6.23. The third-order valence-electron chi connectivity index (χ3n) is 2.94. The van der Waals surface area contributed by atoms with E-state index >= 15 is 0 Å². The lowest BCUT2D eigenvalue weighted by Gasteiger charge is -2.33. The van der Waals surface area contributed by atoms with Crippen molar-refractivity contribution in [3.05, 3.63) is 16.1 Å². The van der Waals surface area contributed by atoms with Gasteiger partial charge in [-0.2, -0.15) is 0 Å². The minimum atomic E-state index is -0.194. The first-order chi connectivity index (χ1) is 8.70. The van der Waals surface area contributed by atoms with Gasteiger partial charge in [-0.1, -0.05) is 0 Å². The van der Waals surface area contributed by atoms with E-state index in [1.807, 2.05) is 13.8 Å². The molecule has 2 rings (SSSR count). The molecule has 0 spiro atoms. The number of ether oxygens (including phenoxy) is 1. The van der Waals surface area contributed by atoms with Crippen LogP contribution in [0.2, 0.25) is 0 Å². The number of rotatable bonds is 4. The molecule has 1 aromatic rings. The molecule has 1 unspecified atom stereocenters. The van der Waals surface area contributed by atoms with Crippen molar-refractivity contribution in [3.63, 3.8) is 0 Å². The van der Waals surface area contributed by atoms with Crippen LogP contribution in [0.5, 0.6) is 0 Å². The highest BCUT2D eigenvalue weighted by Gasteiger charge is 2.29. The van der Waals surface area contributed by atoms with Gasteiger partial charge in [-0.05, 0) is 13.8 Å². The Bertz CT molecular complexity index is 408. The van der Waals surface area contributed by atoms with Crippen molar-refractivity contribution in [1.82, 2.24) is 15.2 Å². The molecule has 1 fully saturated rings. The molecule has 0 bridgehead atoms. The van der Waals surface area contributed by atoms with E-state index in [1.165, 1.54) is 0 Å². The van der Waals surface area contributed by atoms with Crippen LogP contribution in [-0.4, -0.2) is 48.1 Å². The number of thiazole rings is 1. The van der Waals surface area contributed by atoms with Gasteiger partial charge in [0.15, 0.2) is 0 Å². The molecule has 1 N–H and O–H groups in total. The molecular weight excluding hydrogens is 250 g/mol. The molecule has 0 radical (unpaired) electrons. The van der Waals surface area contributed by atoms with Crippen LogP contribution in [0.15, 0.2) is 5.38 Å². The highest BCUT2D eigenvalue weighted by Crippen LogP contribution is 2.14. The SMILES string of the molecule is CCOC(=O)C1CNCCN1Cc1csc(C)n1. The zero-order valence-electron chi connectivity index (χ0n) is 10.8. The summed E-state index contributed by atoms with van der Waals surface area (Å²) in [5.74, 6) is -0.142. The minimum absolute atomic E-state index is 0.142. The average Bonchev–Trinajstić information content (AvgIpc) is 2.76. The maximum Gasteiger partial charge on any atom is 0.324 e.